The van der Waals surface area contributed by atoms with Crippen molar-refractivity contribution in [2.24, 2.45) is 0 Å². The fourth-order valence-corrected chi connectivity index (χ4v) is 0.991. The van der Waals surface area contributed by atoms with Gasteiger partial charge >= 0.3 is 12.0 Å². The maximum atomic E-state index is 12.0. The Balaban J connectivity index is 4.48. The summed E-state index contributed by atoms with van der Waals surface area (Å²) in [5.41, 5.74) is 0. The van der Waals surface area contributed by atoms with Crippen molar-refractivity contribution in [1.82, 2.24) is 9.80 Å². The highest BCUT2D eigenvalue weighted by Crippen LogP contribution is 2.01. The Morgan fingerprint density at radius 3 is 2.44 bits per heavy atom. The summed E-state index contributed by atoms with van der Waals surface area (Å²) < 4.78 is 24.0. The van der Waals surface area contributed by atoms with Gasteiger partial charge < -0.3 is 14.9 Å². The summed E-state index contributed by atoms with van der Waals surface area (Å²) in [7, 11) is 1.15. The molecule has 0 aromatic carbocycles. The molecule has 0 aromatic rings. The normalized spacial score (nSPS) is 9.69. The second-order valence-electron chi connectivity index (χ2n) is 3.01. The lowest BCUT2D eigenvalue weighted by Crippen LogP contribution is -2.45. The maximum Gasteiger partial charge on any atom is 0.323 e. The van der Waals surface area contributed by atoms with Gasteiger partial charge in [-0.2, -0.15) is 0 Å². The van der Waals surface area contributed by atoms with E-state index < -0.39 is 31.5 Å². The highest BCUT2D eigenvalue weighted by Gasteiger charge is 2.21. The first-order chi connectivity index (χ1) is 7.38. The van der Waals surface area contributed by atoms with Crippen LogP contribution in [0.1, 0.15) is 0 Å². The van der Waals surface area contributed by atoms with E-state index in [2.05, 4.69) is 5.92 Å². The highest BCUT2D eigenvalue weighted by molar-refractivity contribution is 5.80. The first-order valence-electron chi connectivity index (χ1n) is 4.32. The average Bonchev–Trinajstić information content (AvgIpc) is 2.14. The Labute approximate surface area is 91.6 Å². The smallest absolute Gasteiger partial charge is 0.323 e. The Morgan fingerprint density at radius 1 is 1.50 bits per heavy atom. The number of halogens is 2. The molecule has 0 saturated heterocycles. The minimum absolute atomic E-state index is 0.237. The zero-order valence-corrected chi connectivity index (χ0v) is 8.69. The number of hydrogen-bond acceptors (Lipinski definition) is 2. The molecule has 0 rings (SSSR count). The lowest BCUT2D eigenvalue weighted by atomic mass is 10.4. The molecule has 0 aliphatic rings. The number of aliphatic carboxylic acids is 1. The van der Waals surface area contributed by atoms with E-state index in [4.69, 9.17) is 11.5 Å². The summed E-state index contributed by atoms with van der Waals surface area (Å²) in [4.78, 5) is 23.4. The summed E-state index contributed by atoms with van der Waals surface area (Å²) in [5.74, 6) is 0.834. The van der Waals surface area contributed by atoms with Crippen LogP contribution in [-0.2, 0) is 4.79 Å². The molecule has 0 atom stereocenters. The van der Waals surface area contributed by atoms with E-state index in [1.54, 1.807) is 0 Å². The van der Waals surface area contributed by atoms with E-state index in [-0.39, 0.29) is 6.54 Å². The SMILES string of the molecule is C#CCN(CC(=O)O)C(=O)N(C)CC(F)F. The second kappa shape index (κ2) is 6.61. The van der Waals surface area contributed by atoms with Gasteiger partial charge in [0.15, 0.2) is 0 Å². The lowest BCUT2D eigenvalue weighted by Gasteiger charge is -2.25. The van der Waals surface area contributed by atoms with Gasteiger partial charge in [0.1, 0.15) is 6.54 Å². The van der Waals surface area contributed by atoms with Gasteiger partial charge in [-0.25, -0.2) is 13.6 Å². The summed E-state index contributed by atoms with van der Waals surface area (Å²) in [6, 6.07) is -0.833. The first-order valence-corrected chi connectivity index (χ1v) is 4.32. The van der Waals surface area contributed by atoms with Crippen LogP contribution in [0.3, 0.4) is 0 Å². The van der Waals surface area contributed by atoms with Gasteiger partial charge in [0, 0.05) is 7.05 Å². The van der Waals surface area contributed by atoms with Crippen molar-refractivity contribution in [1.29, 1.82) is 0 Å². The van der Waals surface area contributed by atoms with E-state index in [9.17, 15) is 18.4 Å². The molecule has 0 spiro atoms. The minimum Gasteiger partial charge on any atom is -0.480 e. The predicted octanol–water partition coefficient (Wildman–Crippen LogP) is 0.323. The van der Waals surface area contributed by atoms with Gasteiger partial charge in [0.2, 0.25) is 0 Å². The molecule has 2 amide bonds. The number of carboxylic acids is 1. The topological polar surface area (TPSA) is 60.9 Å². The van der Waals surface area contributed by atoms with Crippen molar-refractivity contribution < 1.29 is 23.5 Å². The van der Waals surface area contributed by atoms with Gasteiger partial charge in [0.25, 0.3) is 6.43 Å². The molecule has 90 valence electrons. The molecule has 0 heterocycles. The van der Waals surface area contributed by atoms with Gasteiger partial charge in [-0.3, -0.25) is 4.79 Å². The van der Waals surface area contributed by atoms with Crippen LogP contribution < -0.4 is 0 Å². The quantitative estimate of drug-likeness (QED) is 0.697. The van der Waals surface area contributed by atoms with Crippen LogP contribution in [0.15, 0.2) is 0 Å². The third kappa shape index (κ3) is 5.14. The number of carbonyl (C=O) groups is 2. The number of rotatable bonds is 5. The number of urea groups is 1. The number of carbonyl (C=O) groups excluding carboxylic acids is 1. The molecular weight excluding hydrogens is 222 g/mol. The molecule has 5 nitrogen and oxygen atoms in total. The Hall–Kier alpha value is -1.84. The minimum atomic E-state index is -2.67. The van der Waals surface area contributed by atoms with E-state index in [1.807, 2.05) is 0 Å². The van der Waals surface area contributed by atoms with Crippen LogP contribution in [0, 0.1) is 12.3 Å². The standard InChI is InChI=1S/C9H12F2N2O3/c1-3-4-13(6-8(14)15)9(16)12(2)5-7(10)11/h1,7H,4-6H2,2H3,(H,14,15). The molecule has 0 aliphatic carbocycles. The molecular formula is C9H12F2N2O3. The van der Waals surface area contributed by atoms with Crippen molar-refractivity contribution >= 4 is 12.0 Å². The number of terminal acetylenes is 1. The predicted molar refractivity (Wildman–Crippen MR) is 52.1 cm³/mol. The summed E-state index contributed by atoms with van der Waals surface area (Å²) >= 11 is 0. The third-order valence-electron chi connectivity index (χ3n) is 1.62. The number of alkyl halides is 2. The largest absolute Gasteiger partial charge is 0.480 e. The van der Waals surface area contributed by atoms with Gasteiger partial charge in [-0.1, -0.05) is 5.92 Å². The maximum absolute atomic E-state index is 12.0. The van der Waals surface area contributed by atoms with Gasteiger partial charge in [0.05, 0.1) is 13.1 Å². The summed E-state index contributed by atoms with van der Waals surface area (Å²) in [6.07, 6.45) is 2.27. The van der Waals surface area contributed by atoms with Crippen LogP contribution in [0.5, 0.6) is 0 Å². The number of amides is 2. The molecule has 0 fully saturated rings. The molecule has 0 aromatic heterocycles. The molecule has 0 saturated carbocycles. The van der Waals surface area contributed by atoms with Crippen molar-refractivity contribution in [3.05, 3.63) is 0 Å². The fraction of sp³-hybridized carbons (Fsp3) is 0.556. The number of carboxylic acid groups (broad SMARTS) is 1. The van der Waals surface area contributed by atoms with Crippen molar-refractivity contribution in [2.45, 2.75) is 6.43 Å². The van der Waals surface area contributed by atoms with Crippen LogP contribution in [0.4, 0.5) is 13.6 Å². The zero-order chi connectivity index (χ0) is 12.7. The first kappa shape index (κ1) is 14.2. The molecule has 0 aliphatic heterocycles. The van der Waals surface area contributed by atoms with Gasteiger partial charge in [-0.05, 0) is 0 Å². The van der Waals surface area contributed by atoms with Crippen LogP contribution in [-0.4, -0.2) is 60.0 Å². The third-order valence-corrected chi connectivity index (χ3v) is 1.62. The van der Waals surface area contributed by atoms with Crippen molar-refractivity contribution in [3.63, 3.8) is 0 Å². The molecule has 0 radical (unpaired) electrons. The Bertz CT molecular complexity index is 302. The van der Waals surface area contributed by atoms with Crippen LogP contribution in [0.25, 0.3) is 0 Å². The van der Waals surface area contributed by atoms with Crippen molar-refractivity contribution in [3.8, 4) is 12.3 Å². The Kier molecular flexibility index (Phi) is 5.85. The zero-order valence-electron chi connectivity index (χ0n) is 8.69. The summed E-state index contributed by atoms with van der Waals surface area (Å²) in [6.45, 7) is -1.62. The van der Waals surface area contributed by atoms with Crippen LogP contribution in [0.2, 0.25) is 0 Å². The van der Waals surface area contributed by atoms with Crippen LogP contribution >= 0.6 is 0 Å². The fourth-order valence-electron chi connectivity index (χ4n) is 0.991. The van der Waals surface area contributed by atoms with E-state index >= 15 is 0 Å². The average molecular weight is 234 g/mol. The molecule has 1 N–H and O–H groups in total. The molecule has 7 heteroatoms. The van der Waals surface area contributed by atoms with Gasteiger partial charge in [-0.15, -0.1) is 6.42 Å². The highest BCUT2D eigenvalue weighted by atomic mass is 19.3. The molecule has 0 bridgehead atoms. The van der Waals surface area contributed by atoms with E-state index in [1.165, 1.54) is 0 Å². The molecule has 16 heavy (non-hydrogen) atoms. The lowest BCUT2D eigenvalue weighted by molar-refractivity contribution is -0.137. The van der Waals surface area contributed by atoms with Crippen molar-refractivity contribution in [2.75, 3.05) is 26.7 Å². The van der Waals surface area contributed by atoms with E-state index in [0.717, 1.165) is 16.8 Å². The Morgan fingerprint density at radius 2 is 2.06 bits per heavy atom. The number of hydrogen-bond donors (Lipinski definition) is 1. The number of nitrogens with zero attached hydrogens (tertiary/aromatic N) is 2. The second-order valence-corrected chi connectivity index (χ2v) is 3.01. The molecule has 0 unspecified atom stereocenters. The monoisotopic (exact) mass is 234 g/mol. The van der Waals surface area contributed by atoms with E-state index in [0.29, 0.717) is 0 Å². The summed E-state index contributed by atoms with van der Waals surface area (Å²) in [5, 5.41) is 8.49.